The van der Waals surface area contributed by atoms with Crippen molar-refractivity contribution in [3.8, 4) is 6.07 Å². The third kappa shape index (κ3) is 6.23. The molecule has 0 unspecified atom stereocenters. The number of nitriles is 1. The normalized spacial score (nSPS) is 17.9. The van der Waals surface area contributed by atoms with Crippen molar-refractivity contribution in [2.24, 2.45) is 5.92 Å². The highest BCUT2D eigenvalue weighted by Gasteiger charge is 2.44. The molecule has 2 atom stereocenters. The third-order valence-corrected chi connectivity index (χ3v) is 6.52. The minimum Gasteiger partial charge on any atom is -0.468 e. The highest BCUT2D eigenvalue weighted by Crippen LogP contribution is 2.40. The fourth-order valence-electron chi connectivity index (χ4n) is 3.49. The number of thioether (sulfide) groups is 1. The van der Waals surface area contributed by atoms with Crippen molar-refractivity contribution in [3.05, 3.63) is 74.7 Å². The van der Waals surface area contributed by atoms with Crippen LogP contribution >= 0.6 is 27.7 Å². The Morgan fingerprint density at radius 3 is 2.57 bits per heavy atom. The molecule has 7 nitrogen and oxygen atoms in total. The molecular weight excluding hydrogens is 551 g/mol. The number of alkyl halides is 3. The number of nitrogens with one attached hydrogen (secondary N) is 2. The molecule has 0 bridgehead atoms. The highest BCUT2D eigenvalue weighted by molar-refractivity contribution is 9.10. The van der Waals surface area contributed by atoms with Gasteiger partial charge in [-0.05, 0) is 35.9 Å². The molecule has 2 aromatic carbocycles. The van der Waals surface area contributed by atoms with Crippen LogP contribution in [0.25, 0.3) is 0 Å². The van der Waals surface area contributed by atoms with Gasteiger partial charge in [-0.25, -0.2) is 0 Å². The van der Waals surface area contributed by atoms with Gasteiger partial charge in [0.25, 0.3) is 0 Å². The lowest BCUT2D eigenvalue weighted by atomic mass is 9.78. The van der Waals surface area contributed by atoms with Gasteiger partial charge in [-0.2, -0.15) is 18.4 Å². The number of ether oxygens (including phenoxy) is 1. The van der Waals surface area contributed by atoms with Crippen LogP contribution in [0.5, 0.6) is 0 Å². The molecule has 35 heavy (non-hydrogen) atoms. The summed E-state index contributed by atoms with van der Waals surface area (Å²) in [4.78, 5) is 37.6. The molecular formula is C23H17BrF3N3O4S. The molecule has 182 valence electrons. The SMILES string of the molecule is COC(=O)[C@H]1C(=O)NC(SCC(=O)Nc2cccc(C(F)(F)F)c2)=C(C#N)[C@@H]1c1cccc(Br)c1. The fourth-order valence-corrected chi connectivity index (χ4v) is 4.75. The monoisotopic (exact) mass is 567 g/mol. The molecule has 0 saturated heterocycles. The zero-order valence-corrected chi connectivity index (χ0v) is 20.4. The number of hydrogen-bond donors (Lipinski definition) is 2. The molecule has 2 amide bonds. The van der Waals surface area contributed by atoms with Crippen molar-refractivity contribution in [2.75, 3.05) is 18.2 Å². The molecule has 12 heteroatoms. The predicted octanol–water partition coefficient (Wildman–Crippen LogP) is 4.58. The summed E-state index contributed by atoms with van der Waals surface area (Å²) in [6, 6.07) is 12.9. The van der Waals surface area contributed by atoms with Gasteiger partial charge in [0.05, 0.1) is 35.1 Å². The lowest BCUT2D eigenvalue weighted by Crippen LogP contribution is -2.44. The Balaban J connectivity index is 1.86. The summed E-state index contributed by atoms with van der Waals surface area (Å²) in [6.45, 7) is 0. The number of carbonyl (C=O) groups is 3. The highest BCUT2D eigenvalue weighted by atomic mass is 79.9. The summed E-state index contributed by atoms with van der Waals surface area (Å²) < 4.78 is 44.1. The zero-order chi connectivity index (χ0) is 25.8. The van der Waals surface area contributed by atoms with E-state index in [1.807, 2.05) is 6.07 Å². The first-order valence-corrected chi connectivity index (χ1v) is 11.7. The molecule has 1 aliphatic rings. The average molecular weight is 568 g/mol. The van der Waals surface area contributed by atoms with E-state index < -0.39 is 41.4 Å². The molecule has 0 radical (unpaired) electrons. The Morgan fingerprint density at radius 2 is 1.94 bits per heavy atom. The summed E-state index contributed by atoms with van der Waals surface area (Å²) in [6.07, 6.45) is -4.56. The molecule has 0 aromatic heterocycles. The average Bonchev–Trinajstić information content (AvgIpc) is 2.81. The molecule has 0 aliphatic carbocycles. The standard InChI is InChI=1S/C23H17BrF3N3O4S/c1-34-22(33)19-18(12-4-2-6-14(24)8-12)16(10-28)21(30-20(19)32)35-11-17(31)29-15-7-3-5-13(9-15)23(25,26)27/h2-9,18-19H,11H2,1H3,(H,29,31)(H,30,32)/t18-,19+/m0/s1. The quantitative estimate of drug-likeness (QED) is 0.391. The van der Waals surface area contributed by atoms with Gasteiger partial charge in [-0.15, -0.1) is 0 Å². The van der Waals surface area contributed by atoms with Crippen LogP contribution in [0.1, 0.15) is 17.0 Å². The van der Waals surface area contributed by atoms with Gasteiger partial charge in [0.15, 0.2) is 0 Å². The van der Waals surface area contributed by atoms with Crippen LogP contribution in [0, 0.1) is 17.2 Å². The van der Waals surface area contributed by atoms with Crippen LogP contribution in [-0.4, -0.2) is 30.6 Å². The van der Waals surface area contributed by atoms with E-state index in [2.05, 4.69) is 26.6 Å². The Morgan fingerprint density at radius 1 is 1.23 bits per heavy atom. The van der Waals surface area contributed by atoms with Crippen molar-refractivity contribution >= 4 is 51.2 Å². The third-order valence-electron chi connectivity index (χ3n) is 5.01. The first-order chi connectivity index (χ1) is 16.5. The molecule has 0 fully saturated rings. The number of allylic oxidation sites excluding steroid dienone is 1. The van der Waals surface area contributed by atoms with Gasteiger partial charge < -0.3 is 15.4 Å². The number of nitrogens with zero attached hydrogens (tertiary/aromatic N) is 1. The van der Waals surface area contributed by atoms with E-state index in [1.54, 1.807) is 24.3 Å². The predicted molar refractivity (Wildman–Crippen MR) is 126 cm³/mol. The molecule has 0 spiro atoms. The van der Waals surface area contributed by atoms with E-state index in [1.165, 1.54) is 12.1 Å². The van der Waals surface area contributed by atoms with Crippen LogP contribution < -0.4 is 10.6 Å². The molecule has 2 N–H and O–H groups in total. The summed E-state index contributed by atoms with van der Waals surface area (Å²) in [5.74, 6) is -4.79. The number of carbonyl (C=O) groups excluding carboxylic acids is 3. The molecule has 3 rings (SSSR count). The Hall–Kier alpha value is -3.30. The fraction of sp³-hybridized carbons (Fsp3) is 0.217. The van der Waals surface area contributed by atoms with Crippen molar-refractivity contribution in [2.45, 2.75) is 12.1 Å². The van der Waals surface area contributed by atoms with Crippen LogP contribution in [0.15, 0.2) is 63.6 Å². The maximum atomic E-state index is 12.9. The summed E-state index contributed by atoms with van der Waals surface area (Å²) >= 11 is 4.15. The number of amides is 2. The van der Waals surface area contributed by atoms with E-state index in [9.17, 15) is 32.8 Å². The van der Waals surface area contributed by atoms with E-state index in [0.29, 0.717) is 10.0 Å². The molecule has 1 aliphatic heterocycles. The van der Waals surface area contributed by atoms with E-state index in [0.717, 1.165) is 31.0 Å². The van der Waals surface area contributed by atoms with Crippen LogP contribution in [0.3, 0.4) is 0 Å². The summed E-state index contributed by atoms with van der Waals surface area (Å²) in [7, 11) is 1.13. The number of anilines is 1. The maximum absolute atomic E-state index is 12.9. The number of halogens is 4. The number of hydrogen-bond acceptors (Lipinski definition) is 6. The second kappa shape index (κ2) is 11.0. The van der Waals surface area contributed by atoms with E-state index in [4.69, 9.17) is 4.74 Å². The number of methoxy groups -OCH3 is 1. The van der Waals surface area contributed by atoms with E-state index in [-0.39, 0.29) is 22.0 Å². The second-order valence-electron chi connectivity index (χ2n) is 7.29. The Labute approximate surface area is 210 Å². The minimum atomic E-state index is -4.56. The lowest BCUT2D eigenvalue weighted by Gasteiger charge is -2.31. The first kappa shape index (κ1) is 26.3. The first-order valence-electron chi connectivity index (χ1n) is 9.93. The van der Waals surface area contributed by atoms with Crippen molar-refractivity contribution in [3.63, 3.8) is 0 Å². The van der Waals surface area contributed by atoms with Gasteiger partial charge >= 0.3 is 12.1 Å². The Bertz CT molecular complexity index is 1240. The van der Waals surface area contributed by atoms with Crippen LogP contribution in [0.2, 0.25) is 0 Å². The van der Waals surface area contributed by atoms with E-state index >= 15 is 0 Å². The number of esters is 1. The molecule has 2 aromatic rings. The summed E-state index contributed by atoms with van der Waals surface area (Å²) in [5, 5.41) is 14.8. The van der Waals surface area contributed by atoms with Gasteiger partial charge in [0, 0.05) is 16.1 Å². The number of rotatable bonds is 6. The largest absolute Gasteiger partial charge is 0.468 e. The van der Waals surface area contributed by atoms with Gasteiger partial charge in [0.2, 0.25) is 11.8 Å². The summed E-state index contributed by atoms with van der Waals surface area (Å²) in [5.41, 5.74) is -0.407. The molecule has 1 heterocycles. The van der Waals surface area contributed by atoms with Crippen molar-refractivity contribution < 1.29 is 32.3 Å². The topological polar surface area (TPSA) is 108 Å². The van der Waals surface area contributed by atoms with Crippen LogP contribution in [0.4, 0.5) is 18.9 Å². The smallest absolute Gasteiger partial charge is 0.416 e. The Kier molecular flexibility index (Phi) is 8.24. The van der Waals surface area contributed by atoms with Crippen molar-refractivity contribution in [1.82, 2.24) is 5.32 Å². The second-order valence-corrected chi connectivity index (χ2v) is 9.19. The van der Waals surface area contributed by atoms with Crippen molar-refractivity contribution in [1.29, 1.82) is 5.26 Å². The lowest BCUT2D eigenvalue weighted by molar-refractivity contribution is -0.150. The van der Waals surface area contributed by atoms with Gasteiger partial charge in [-0.1, -0.05) is 45.9 Å². The van der Waals surface area contributed by atoms with Crippen LogP contribution in [-0.2, 0) is 25.3 Å². The number of benzene rings is 2. The zero-order valence-electron chi connectivity index (χ0n) is 18.0. The minimum absolute atomic E-state index is 0.0506. The maximum Gasteiger partial charge on any atom is 0.416 e. The van der Waals surface area contributed by atoms with Gasteiger partial charge in [-0.3, -0.25) is 14.4 Å². The molecule has 0 saturated carbocycles. The van der Waals surface area contributed by atoms with Gasteiger partial charge in [0.1, 0.15) is 5.92 Å².